The quantitative estimate of drug-likeness (QED) is 0.695. The Labute approximate surface area is 98.4 Å². The lowest BCUT2D eigenvalue weighted by atomic mass is 9.89. The Morgan fingerprint density at radius 3 is 2.76 bits per heavy atom. The molecule has 0 unspecified atom stereocenters. The summed E-state index contributed by atoms with van der Waals surface area (Å²) in [4.78, 5) is 7.46. The molecule has 17 heavy (non-hydrogen) atoms. The van der Waals surface area contributed by atoms with Gasteiger partial charge in [0.15, 0.2) is 0 Å². The fraction of sp³-hybridized carbons (Fsp3) is 0.417. The molecule has 0 saturated carbocycles. The number of imidazole rings is 1. The van der Waals surface area contributed by atoms with E-state index >= 15 is 0 Å². The monoisotopic (exact) mass is 234 g/mol. The van der Waals surface area contributed by atoms with Crippen molar-refractivity contribution in [2.24, 2.45) is 5.73 Å². The third-order valence-corrected chi connectivity index (χ3v) is 3.43. The normalized spacial score (nSPS) is 19.6. The van der Waals surface area contributed by atoms with E-state index in [1.165, 1.54) is 6.07 Å². The number of nitrogens with zero attached hydrogens (tertiary/aromatic N) is 1. The summed E-state index contributed by atoms with van der Waals surface area (Å²) in [6.07, 6.45) is 1.63. The molecule has 4 N–H and O–H groups in total. The number of aromatic nitrogens is 2. The van der Waals surface area contributed by atoms with Crippen LogP contribution in [0.4, 0.5) is 4.39 Å². The summed E-state index contributed by atoms with van der Waals surface area (Å²) >= 11 is 0. The first-order valence-electron chi connectivity index (χ1n) is 5.83. The molecule has 1 aliphatic heterocycles. The average Bonchev–Trinajstić information content (AvgIpc) is 2.76. The third-order valence-electron chi connectivity index (χ3n) is 3.43. The Bertz CT molecular complexity index is 542. The van der Waals surface area contributed by atoms with E-state index in [-0.39, 0.29) is 5.82 Å². The molecule has 1 aliphatic rings. The predicted molar refractivity (Wildman–Crippen MR) is 64.0 cm³/mol. The number of nitrogens with two attached hydrogens (primary N) is 1. The number of halogens is 1. The summed E-state index contributed by atoms with van der Waals surface area (Å²) < 4.78 is 13.6. The molecule has 0 radical (unpaired) electrons. The van der Waals surface area contributed by atoms with E-state index in [0.717, 1.165) is 25.9 Å². The van der Waals surface area contributed by atoms with Gasteiger partial charge in [-0.1, -0.05) is 6.07 Å². The van der Waals surface area contributed by atoms with Crippen LogP contribution in [0.15, 0.2) is 18.2 Å². The smallest absolute Gasteiger partial charge is 0.148 e. The molecule has 5 heteroatoms. The first kappa shape index (κ1) is 10.7. The van der Waals surface area contributed by atoms with E-state index in [1.807, 2.05) is 0 Å². The van der Waals surface area contributed by atoms with Crippen LogP contribution in [0, 0.1) is 5.82 Å². The Morgan fingerprint density at radius 1 is 1.29 bits per heavy atom. The number of para-hydroxylation sites is 1. The maximum absolute atomic E-state index is 13.6. The second-order valence-electron chi connectivity index (χ2n) is 4.63. The number of fused-ring (bicyclic) bond motifs is 1. The van der Waals surface area contributed by atoms with Gasteiger partial charge in [-0.25, -0.2) is 9.37 Å². The van der Waals surface area contributed by atoms with Gasteiger partial charge in [-0.2, -0.15) is 0 Å². The van der Waals surface area contributed by atoms with Gasteiger partial charge in [-0.3, -0.25) is 0 Å². The van der Waals surface area contributed by atoms with Crippen molar-refractivity contribution in [3.63, 3.8) is 0 Å². The van der Waals surface area contributed by atoms with Crippen molar-refractivity contribution < 1.29 is 4.39 Å². The highest BCUT2D eigenvalue weighted by Gasteiger charge is 2.32. The van der Waals surface area contributed by atoms with Crippen molar-refractivity contribution in [3.8, 4) is 0 Å². The summed E-state index contributed by atoms with van der Waals surface area (Å²) in [5, 5.41) is 3.26. The first-order valence-corrected chi connectivity index (χ1v) is 5.83. The number of H-pyrrole nitrogens is 1. The zero-order chi connectivity index (χ0) is 11.9. The molecular weight excluding hydrogens is 219 g/mol. The molecule has 2 heterocycles. The molecule has 1 fully saturated rings. The number of rotatable bonds is 1. The number of hydrogen-bond donors (Lipinski definition) is 3. The summed E-state index contributed by atoms with van der Waals surface area (Å²) in [5.74, 6) is 0.415. The van der Waals surface area contributed by atoms with Crippen molar-refractivity contribution in [2.75, 3.05) is 13.1 Å². The molecule has 1 aromatic heterocycles. The zero-order valence-electron chi connectivity index (χ0n) is 9.46. The predicted octanol–water partition coefficient (Wildman–Crippen LogP) is 1.24. The molecule has 0 amide bonds. The van der Waals surface area contributed by atoms with Gasteiger partial charge in [0, 0.05) is 0 Å². The van der Waals surface area contributed by atoms with Gasteiger partial charge in [0.2, 0.25) is 0 Å². The summed E-state index contributed by atoms with van der Waals surface area (Å²) in [6, 6.07) is 4.88. The molecular formula is C12H15FN4. The molecule has 0 atom stereocenters. The van der Waals surface area contributed by atoms with Crippen LogP contribution in [0.25, 0.3) is 11.0 Å². The largest absolute Gasteiger partial charge is 0.338 e. The lowest BCUT2D eigenvalue weighted by Gasteiger charge is -2.31. The van der Waals surface area contributed by atoms with Crippen LogP contribution in [-0.2, 0) is 5.54 Å². The minimum Gasteiger partial charge on any atom is -0.338 e. The summed E-state index contributed by atoms with van der Waals surface area (Å²) in [6.45, 7) is 1.74. The number of nitrogens with one attached hydrogen (secondary N) is 2. The van der Waals surface area contributed by atoms with Crippen molar-refractivity contribution in [3.05, 3.63) is 29.8 Å². The highest BCUT2D eigenvalue weighted by molar-refractivity contribution is 5.75. The highest BCUT2D eigenvalue weighted by atomic mass is 19.1. The van der Waals surface area contributed by atoms with E-state index in [1.54, 1.807) is 12.1 Å². The molecule has 2 aromatic rings. The lowest BCUT2D eigenvalue weighted by molar-refractivity contribution is 0.304. The minimum absolute atomic E-state index is 0.279. The molecule has 0 aliphatic carbocycles. The Morgan fingerprint density at radius 2 is 2.06 bits per heavy atom. The minimum atomic E-state index is -0.462. The molecule has 3 rings (SSSR count). The van der Waals surface area contributed by atoms with Crippen LogP contribution >= 0.6 is 0 Å². The highest BCUT2D eigenvalue weighted by Crippen LogP contribution is 2.27. The van der Waals surface area contributed by atoms with Gasteiger partial charge in [-0.15, -0.1) is 0 Å². The summed E-state index contributed by atoms with van der Waals surface area (Å²) in [7, 11) is 0. The molecule has 4 nitrogen and oxygen atoms in total. The standard InChI is InChI=1S/C12H15FN4/c13-8-2-1-3-9-10(8)17-11(16-9)12(14)4-6-15-7-5-12/h1-3,15H,4-7,14H2,(H,16,17). The second kappa shape index (κ2) is 3.78. The number of aromatic amines is 1. The Balaban J connectivity index is 2.08. The van der Waals surface area contributed by atoms with Crippen molar-refractivity contribution in [1.82, 2.24) is 15.3 Å². The van der Waals surface area contributed by atoms with Crippen molar-refractivity contribution in [2.45, 2.75) is 18.4 Å². The van der Waals surface area contributed by atoms with Crippen LogP contribution in [0.5, 0.6) is 0 Å². The van der Waals surface area contributed by atoms with Crippen LogP contribution in [0.3, 0.4) is 0 Å². The van der Waals surface area contributed by atoms with Crippen LogP contribution in [0.1, 0.15) is 18.7 Å². The Hall–Kier alpha value is -1.46. The molecule has 90 valence electrons. The van der Waals surface area contributed by atoms with Crippen LogP contribution in [-0.4, -0.2) is 23.1 Å². The Kier molecular flexibility index (Phi) is 2.38. The van der Waals surface area contributed by atoms with E-state index in [2.05, 4.69) is 15.3 Å². The SMILES string of the molecule is NC1(c2nc3cccc(F)c3[nH]2)CCNCC1. The van der Waals surface area contributed by atoms with E-state index in [0.29, 0.717) is 16.9 Å². The van der Waals surface area contributed by atoms with Gasteiger partial charge in [0.05, 0.1) is 11.1 Å². The van der Waals surface area contributed by atoms with Crippen molar-refractivity contribution >= 4 is 11.0 Å². The third kappa shape index (κ3) is 1.71. The molecule has 0 spiro atoms. The van der Waals surface area contributed by atoms with Gasteiger partial charge in [0.25, 0.3) is 0 Å². The maximum Gasteiger partial charge on any atom is 0.148 e. The van der Waals surface area contributed by atoms with Crippen molar-refractivity contribution in [1.29, 1.82) is 0 Å². The maximum atomic E-state index is 13.6. The van der Waals surface area contributed by atoms with E-state index in [9.17, 15) is 4.39 Å². The fourth-order valence-electron chi connectivity index (χ4n) is 2.34. The zero-order valence-corrected chi connectivity index (χ0v) is 9.46. The van der Waals surface area contributed by atoms with Crippen LogP contribution in [0.2, 0.25) is 0 Å². The van der Waals surface area contributed by atoms with Gasteiger partial charge < -0.3 is 16.0 Å². The van der Waals surface area contributed by atoms with Gasteiger partial charge in [0.1, 0.15) is 17.2 Å². The second-order valence-corrected chi connectivity index (χ2v) is 4.63. The molecule has 0 bridgehead atoms. The van der Waals surface area contributed by atoms with Gasteiger partial charge in [-0.05, 0) is 38.1 Å². The van der Waals surface area contributed by atoms with Crippen LogP contribution < -0.4 is 11.1 Å². The number of hydrogen-bond acceptors (Lipinski definition) is 3. The van der Waals surface area contributed by atoms with E-state index in [4.69, 9.17) is 5.73 Å². The first-order chi connectivity index (χ1) is 8.19. The number of piperidine rings is 1. The topological polar surface area (TPSA) is 66.7 Å². The number of benzene rings is 1. The summed E-state index contributed by atoms with van der Waals surface area (Å²) in [5.41, 5.74) is 6.97. The molecule has 1 saturated heterocycles. The molecule has 1 aromatic carbocycles. The lowest BCUT2D eigenvalue weighted by Crippen LogP contribution is -2.47. The fourth-order valence-corrected chi connectivity index (χ4v) is 2.34. The van der Waals surface area contributed by atoms with Gasteiger partial charge >= 0.3 is 0 Å². The average molecular weight is 234 g/mol. The van der Waals surface area contributed by atoms with E-state index < -0.39 is 5.54 Å².